The van der Waals surface area contributed by atoms with Crippen molar-refractivity contribution in [3.63, 3.8) is 0 Å². The zero-order valence-electron chi connectivity index (χ0n) is 26.6. The molecule has 0 aromatic heterocycles. The van der Waals surface area contributed by atoms with Gasteiger partial charge in [0, 0.05) is 37.4 Å². The van der Waals surface area contributed by atoms with Crippen molar-refractivity contribution in [2.45, 2.75) is 88.6 Å². The van der Waals surface area contributed by atoms with E-state index in [4.69, 9.17) is 0 Å². The Balaban J connectivity index is 1.11. The third-order valence-corrected chi connectivity index (χ3v) is 12.7. The van der Waals surface area contributed by atoms with Gasteiger partial charge in [0.05, 0.1) is 11.8 Å². The van der Waals surface area contributed by atoms with E-state index in [2.05, 4.69) is 34.9 Å². The van der Waals surface area contributed by atoms with E-state index < -0.39 is 23.8 Å². The Morgan fingerprint density at radius 3 is 1.89 bits per heavy atom. The smallest absolute Gasteiger partial charge is 0.325 e. The Morgan fingerprint density at radius 2 is 1.37 bits per heavy atom. The van der Waals surface area contributed by atoms with Crippen LogP contribution in [0.5, 0.6) is 0 Å². The Bertz CT molecular complexity index is 1500. The lowest BCUT2D eigenvalue weighted by molar-refractivity contribution is -0.146. The summed E-state index contributed by atoms with van der Waals surface area (Å²) >= 11 is 0. The van der Waals surface area contributed by atoms with Crippen LogP contribution in [0.1, 0.15) is 98.8 Å². The van der Waals surface area contributed by atoms with E-state index in [1.165, 1.54) is 45.4 Å². The Morgan fingerprint density at radius 1 is 0.848 bits per heavy atom. The molecular formula is C38H45N3O5. The first-order valence-electron chi connectivity index (χ1n) is 17.5. The number of hydrogen-bond donors (Lipinski definition) is 3. The second-order valence-corrected chi connectivity index (χ2v) is 15.6. The molecule has 8 heteroatoms. The zero-order chi connectivity index (χ0) is 31.7. The fourth-order valence-electron chi connectivity index (χ4n) is 11.3. The monoisotopic (exact) mass is 623 g/mol. The van der Waals surface area contributed by atoms with Crippen molar-refractivity contribution in [3.8, 4) is 0 Å². The first-order valence-corrected chi connectivity index (χ1v) is 17.5. The van der Waals surface area contributed by atoms with E-state index >= 15 is 0 Å². The molecule has 5 fully saturated rings. The van der Waals surface area contributed by atoms with E-state index in [1.54, 1.807) is 0 Å². The highest BCUT2D eigenvalue weighted by Crippen LogP contribution is 2.61. The first kappa shape index (κ1) is 29.7. The number of nitrogens with zero attached hydrogens (tertiary/aromatic N) is 1. The number of nitrogens with one attached hydrogen (secondary N) is 2. The van der Waals surface area contributed by atoms with Crippen LogP contribution in [-0.2, 0) is 19.2 Å². The zero-order valence-corrected chi connectivity index (χ0v) is 26.6. The molecule has 0 spiro atoms. The van der Waals surface area contributed by atoms with Crippen molar-refractivity contribution in [1.82, 2.24) is 15.5 Å². The maximum absolute atomic E-state index is 14.9. The van der Waals surface area contributed by atoms with Gasteiger partial charge in [0.1, 0.15) is 6.04 Å². The first-order chi connectivity index (χ1) is 22.2. The molecule has 6 bridgehead atoms. The number of aliphatic carboxylic acids is 1. The third kappa shape index (κ3) is 4.85. The molecule has 0 unspecified atom stereocenters. The third-order valence-electron chi connectivity index (χ3n) is 12.7. The molecule has 2 aromatic rings. The summed E-state index contributed by atoms with van der Waals surface area (Å²) in [7, 11) is 0. The molecule has 8 aliphatic rings. The van der Waals surface area contributed by atoms with Gasteiger partial charge in [-0.25, -0.2) is 0 Å². The number of carbonyl (C=O) groups is 4. The van der Waals surface area contributed by atoms with E-state index in [0.717, 1.165) is 46.4 Å². The van der Waals surface area contributed by atoms with Crippen LogP contribution in [0, 0.1) is 35.0 Å². The van der Waals surface area contributed by atoms with Crippen molar-refractivity contribution < 1.29 is 24.3 Å². The van der Waals surface area contributed by atoms with Gasteiger partial charge in [0.15, 0.2) is 0 Å². The molecular weight excluding hydrogens is 578 g/mol. The average Bonchev–Trinajstić information content (AvgIpc) is 3.50. The van der Waals surface area contributed by atoms with Gasteiger partial charge in [-0.1, -0.05) is 48.5 Å². The minimum atomic E-state index is -1.09. The van der Waals surface area contributed by atoms with E-state index in [9.17, 15) is 24.3 Å². The summed E-state index contributed by atoms with van der Waals surface area (Å²) in [5.41, 5.74) is 4.72. The number of hydrogen-bond acceptors (Lipinski definition) is 4. The van der Waals surface area contributed by atoms with Crippen molar-refractivity contribution in [2.24, 2.45) is 35.0 Å². The lowest BCUT2D eigenvalue weighted by atomic mass is 9.49. The molecule has 1 heterocycles. The van der Waals surface area contributed by atoms with E-state index in [1.807, 2.05) is 29.2 Å². The summed E-state index contributed by atoms with van der Waals surface area (Å²) in [5, 5.41) is 15.3. The van der Waals surface area contributed by atoms with Crippen molar-refractivity contribution >= 4 is 23.7 Å². The van der Waals surface area contributed by atoms with E-state index in [0.29, 0.717) is 19.5 Å². The Labute approximate surface area is 270 Å². The van der Waals surface area contributed by atoms with Crippen molar-refractivity contribution in [3.05, 3.63) is 70.8 Å². The molecule has 7 aliphatic carbocycles. The fraction of sp³-hybridized carbons (Fsp3) is 0.579. The predicted octanol–water partition coefficient (Wildman–Crippen LogP) is 4.81. The molecule has 46 heavy (non-hydrogen) atoms. The number of fused-ring (bicyclic) bond motifs is 1. The summed E-state index contributed by atoms with van der Waals surface area (Å²) in [6.07, 6.45) is 9.20. The van der Waals surface area contributed by atoms with Gasteiger partial charge in [-0.15, -0.1) is 0 Å². The van der Waals surface area contributed by atoms with Gasteiger partial charge < -0.3 is 20.6 Å². The topological polar surface area (TPSA) is 116 Å². The second-order valence-electron chi connectivity index (χ2n) is 15.6. The number of carboxylic acids is 1. The van der Waals surface area contributed by atoms with Crippen molar-refractivity contribution in [1.29, 1.82) is 0 Å². The number of likely N-dealkylation sites (tertiary alicyclic amines) is 1. The normalized spacial score (nSPS) is 35.3. The quantitative estimate of drug-likeness (QED) is 0.390. The molecule has 0 radical (unpaired) electrons. The molecule has 2 aromatic carbocycles. The van der Waals surface area contributed by atoms with Crippen LogP contribution in [0.3, 0.4) is 0 Å². The van der Waals surface area contributed by atoms with Crippen LogP contribution in [-0.4, -0.2) is 58.9 Å². The molecule has 8 nitrogen and oxygen atoms in total. The standard InChI is InChI=1S/C38H45N3O5/c1-21(37(45)46)40-30(42)16-25-7-6-12-41(25)36(44)34-32-28-10-4-2-8-26(28)31(27-9-3-5-11-29(27)32)33(34)35(43)39-20-38-17-22-13-23(18-38)15-24(14-22)19-38/h2-5,8-11,21-25,31-34H,6-7,12-20H2,1H3,(H,39,43)(H,40,42)(H,45,46)/t21-,22?,23?,24?,25+,31?,32?,33+,34-,38?/m1/s1. The lowest BCUT2D eigenvalue weighted by Gasteiger charge is -2.57. The largest absolute Gasteiger partial charge is 0.480 e. The van der Waals surface area contributed by atoms with Gasteiger partial charge in [-0.05, 0) is 104 Å². The van der Waals surface area contributed by atoms with Gasteiger partial charge >= 0.3 is 5.97 Å². The molecule has 1 aliphatic heterocycles. The summed E-state index contributed by atoms with van der Waals surface area (Å²) in [4.78, 5) is 55.6. The van der Waals surface area contributed by atoms with Crippen LogP contribution in [0.25, 0.3) is 0 Å². The van der Waals surface area contributed by atoms with Crippen LogP contribution in [0.2, 0.25) is 0 Å². The number of amides is 3. The second kappa shape index (κ2) is 11.2. The number of carbonyl (C=O) groups excluding carboxylic acids is 3. The molecule has 4 saturated carbocycles. The van der Waals surface area contributed by atoms with Gasteiger partial charge in [-0.3, -0.25) is 19.2 Å². The summed E-state index contributed by atoms with van der Waals surface area (Å²) in [6, 6.07) is 15.3. The predicted molar refractivity (Wildman–Crippen MR) is 172 cm³/mol. The van der Waals surface area contributed by atoms with Crippen LogP contribution in [0.15, 0.2) is 48.5 Å². The highest BCUT2D eigenvalue weighted by molar-refractivity contribution is 5.93. The average molecular weight is 624 g/mol. The molecule has 3 N–H and O–H groups in total. The van der Waals surface area contributed by atoms with Gasteiger partial charge in [0.25, 0.3) is 0 Å². The fourth-order valence-corrected chi connectivity index (χ4v) is 11.3. The number of carboxylic acid groups (broad SMARTS) is 1. The van der Waals surface area contributed by atoms with Crippen LogP contribution < -0.4 is 10.6 Å². The molecule has 1 saturated heterocycles. The lowest BCUT2D eigenvalue weighted by Crippen LogP contribution is -2.56. The highest BCUT2D eigenvalue weighted by Gasteiger charge is 2.57. The molecule has 242 valence electrons. The van der Waals surface area contributed by atoms with E-state index in [-0.39, 0.29) is 47.4 Å². The number of benzene rings is 2. The number of rotatable bonds is 8. The maximum atomic E-state index is 14.9. The minimum Gasteiger partial charge on any atom is -0.480 e. The Hall–Kier alpha value is -3.68. The molecule has 4 atom stereocenters. The minimum absolute atomic E-state index is 0.0168. The summed E-state index contributed by atoms with van der Waals surface area (Å²) < 4.78 is 0. The maximum Gasteiger partial charge on any atom is 0.325 e. The van der Waals surface area contributed by atoms with Gasteiger partial charge in [0.2, 0.25) is 17.7 Å². The SMILES string of the molecule is C[C@@H](NC(=O)C[C@@H]1CCCN1C(=O)[C@@H]1C2c3ccccc3C(c3ccccc32)[C@@H]1C(=O)NCC12CC3CC(CC(C3)C1)C2)C(=O)O. The van der Waals surface area contributed by atoms with Gasteiger partial charge in [-0.2, -0.15) is 0 Å². The van der Waals surface area contributed by atoms with Crippen molar-refractivity contribution in [2.75, 3.05) is 13.1 Å². The molecule has 10 rings (SSSR count). The summed E-state index contributed by atoms with van der Waals surface area (Å²) in [5.74, 6) is -0.737. The van der Waals surface area contributed by atoms with Crippen LogP contribution in [0.4, 0.5) is 0 Å². The molecule has 3 amide bonds. The Kier molecular flexibility index (Phi) is 7.26. The van der Waals surface area contributed by atoms with Crippen LogP contribution >= 0.6 is 0 Å². The highest BCUT2D eigenvalue weighted by atomic mass is 16.4. The summed E-state index contributed by atoms with van der Waals surface area (Å²) in [6.45, 7) is 2.67.